The van der Waals surface area contributed by atoms with Gasteiger partial charge in [-0.25, -0.2) is 4.79 Å². The van der Waals surface area contributed by atoms with Crippen molar-refractivity contribution in [1.82, 2.24) is 5.32 Å². The largest absolute Gasteiger partial charge is 0.456 e. The topological polar surface area (TPSA) is 55.4 Å². The number of carbonyl (C=O) groups is 2. The highest BCUT2D eigenvalue weighted by Gasteiger charge is 2.13. The third-order valence-electron chi connectivity index (χ3n) is 2.92. The molecular weight excluding hydrogens is 314 g/mol. The fourth-order valence-corrected chi connectivity index (χ4v) is 1.98. The van der Waals surface area contributed by atoms with E-state index in [4.69, 9.17) is 16.3 Å². The molecule has 0 unspecified atom stereocenters. The molecule has 0 aliphatic carbocycles. The van der Waals surface area contributed by atoms with Gasteiger partial charge < -0.3 is 10.1 Å². The summed E-state index contributed by atoms with van der Waals surface area (Å²) >= 11 is 5.81. The summed E-state index contributed by atoms with van der Waals surface area (Å²) in [7, 11) is 0. The first kappa shape index (κ1) is 16.8. The first-order valence-corrected chi connectivity index (χ1v) is 7.38. The van der Waals surface area contributed by atoms with E-state index in [1.54, 1.807) is 30.3 Å². The van der Waals surface area contributed by atoms with Gasteiger partial charge in [0.15, 0.2) is 0 Å². The lowest BCUT2D eigenvalue weighted by atomic mass is 10.2. The number of carbonyl (C=O) groups excluding carboxylic acids is 2. The van der Waals surface area contributed by atoms with Gasteiger partial charge in [0.25, 0.3) is 0 Å². The Morgan fingerprint density at radius 2 is 1.74 bits per heavy atom. The lowest BCUT2D eigenvalue weighted by molar-refractivity contribution is -0.141. The predicted octanol–water partition coefficient (Wildman–Crippen LogP) is 3.56. The molecule has 0 spiro atoms. The third-order valence-corrected chi connectivity index (χ3v) is 3.18. The molecular formula is C18H16ClNO3. The molecule has 2 rings (SSSR count). The van der Waals surface area contributed by atoms with Crippen LogP contribution in [0.3, 0.4) is 0 Å². The fourth-order valence-electron chi connectivity index (χ4n) is 1.86. The van der Waals surface area contributed by atoms with Crippen molar-refractivity contribution in [3.63, 3.8) is 0 Å². The standard InChI is InChI=1S/C18H16ClNO3/c1-13(21)20-17(11-14-5-3-2-4-6-14)18(22)23-12-15-7-9-16(19)10-8-15/h2-11H,12H2,1H3,(H,20,21)/b17-11+. The second-order valence-corrected chi connectivity index (χ2v) is 5.29. The van der Waals surface area contributed by atoms with Crippen LogP contribution in [0, 0.1) is 0 Å². The molecule has 118 valence electrons. The van der Waals surface area contributed by atoms with E-state index < -0.39 is 5.97 Å². The molecule has 0 saturated carbocycles. The Morgan fingerprint density at radius 1 is 1.09 bits per heavy atom. The molecule has 0 aliphatic heterocycles. The van der Waals surface area contributed by atoms with Crippen LogP contribution in [0.2, 0.25) is 5.02 Å². The van der Waals surface area contributed by atoms with Gasteiger partial charge in [0.2, 0.25) is 5.91 Å². The SMILES string of the molecule is CC(=O)N/C(=C/c1ccccc1)C(=O)OCc1ccc(Cl)cc1. The number of esters is 1. The van der Waals surface area contributed by atoms with E-state index in [2.05, 4.69) is 5.32 Å². The van der Waals surface area contributed by atoms with Gasteiger partial charge in [-0.2, -0.15) is 0 Å². The lowest BCUT2D eigenvalue weighted by Gasteiger charge is -2.09. The van der Waals surface area contributed by atoms with Crippen molar-refractivity contribution >= 4 is 29.6 Å². The summed E-state index contributed by atoms with van der Waals surface area (Å²) in [6.45, 7) is 1.44. The minimum atomic E-state index is -0.598. The van der Waals surface area contributed by atoms with Gasteiger partial charge in [0.1, 0.15) is 12.3 Å². The van der Waals surface area contributed by atoms with Crippen molar-refractivity contribution in [3.8, 4) is 0 Å². The molecule has 1 N–H and O–H groups in total. The number of halogens is 1. The summed E-state index contributed by atoms with van der Waals surface area (Å²) in [5.74, 6) is -0.936. The zero-order chi connectivity index (χ0) is 16.7. The number of hydrogen-bond acceptors (Lipinski definition) is 3. The van der Waals surface area contributed by atoms with Crippen LogP contribution in [-0.4, -0.2) is 11.9 Å². The summed E-state index contributed by atoms with van der Waals surface area (Å²) in [6.07, 6.45) is 1.57. The Morgan fingerprint density at radius 3 is 2.35 bits per heavy atom. The van der Waals surface area contributed by atoms with Crippen molar-refractivity contribution in [2.45, 2.75) is 13.5 Å². The second-order valence-electron chi connectivity index (χ2n) is 4.85. The minimum absolute atomic E-state index is 0.0951. The highest BCUT2D eigenvalue weighted by molar-refractivity contribution is 6.30. The van der Waals surface area contributed by atoms with Gasteiger partial charge in [0, 0.05) is 11.9 Å². The maximum atomic E-state index is 12.2. The summed E-state index contributed by atoms with van der Waals surface area (Å²) in [5, 5.41) is 3.11. The second kappa shape index (κ2) is 8.15. The molecule has 0 radical (unpaired) electrons. The van der Waals surface area contributed by atoms with E-state index in [1.807, 2.05) is 30.3 Å². The molecule has 2 aromatic carbocycles. The van der Waals surface area contributed by atoms with E-state index in [0.717, 1.165) is 11.1 Å². The molecule has 0 fully saturated rings. The van der Waals surface area contributed by atoms with E-state index in [9.17, 15) is 9.59 Å². The lowest BCUT2D eigenvalue weighted by Crippen LogP contribution is -2.26. The van der Waals surface area contributed by atoms with Gasteiger partial charge in [0.05, 0.1) is 0 Å². The zero-order valence-corrected chi connectivity index (χ0v) is 13.3. The van der Waals surface area contributed by atoms with Crippen LogP contribution in [0.25, 0.3) is 6.08 Å². The quantitative estimate of drug-likeness (QED) is 0.674. The molecule has 23 heavy (non-hydrogen) atoms. The van der Waals surface area contributed by atoms with Crippen LogP contribution < -0.4 is 5.32 Å². The third kappa shape index (κ3) is 5.60. The number of benzene rings is 2. The molecule has 5 heteroatoms. The average Bonchev–Trinajstić information content (AvgIpc) is 2.54. The molecule has 2 aromatic rings. The normalized spacial score (nSPS) is 11.0. The van der Waals surface area contributed by atoms with Crippen LogP contribution in [0.5, 0.6) is 0 Å². The van der Waals surface area contributed by atoms with E-state index in [0.29, 0.717) is 5.02 Å². The highest BCUT2D eigenvalue weighted by Crippen LogP contribution is 2.12. The number of nitrogens with one attached hydrogen (secondary N) is 1. The molecule has 0 aliphatic rings. The fraction of sp³-hybridized carbons (Fsp3) is 0.111. The number of ether oxygens (including phenoxy) is 1. The zero-order valence-electron chi connectivity index (χ0n) is 12.6. The van der Waals surface area contributed by atoms with Crippen LogP contribution in [-0.2, 0) is 20.9 Å². The van der Waals surface area contributed by atoms with E-state index in [-0.39, 0.29) is 18.2 Å². The van der Waals surface area contributed by atoms with Gasteiger partial charge in [-0.3, -0.25) is 4.79 Å². The van der Waals surface area contributed by atoms with E-state index in [1.165, 1.54) is 6.92 Å². The van der Waals surface area contributed by atoms with Crippen LogP contribution in [0.1, 0.15) is 18.1 Å². The molecule has 0 aromatic heterocycles. The molecule has 0 saturated heterocycles. The van der Waals surface area contributed by atoms with Crippen molar-refractivity contribution in [2.75, 3.05) is 0 Å². The maximum absolute atomic E-state index is 12.2. The van der Waals surface area contributed by atoms with Crippen molar-refractivity contribution in [3.05, 3.63) is 76.4 Å². The summed E-state index contributed by atoms with van der Waals surface area (Å²) in [5.41, 5.74) is 1.70. The van der Waals surface area contributed by atoms with E-state index >= 15 is 0 Å². The number of amides is 1. The highest BCUT2D eigenvalue weighted by atomic mass is 35.5. The predicted molar refractivity (Wildman–Crippen MR) is 89.5 cm³/mol. The van der Waals surface area contributed by atoms with Gasteiger partial charge in [-0.15, -0.1) is 0 Å². The van der Waals surface area contributed by atoms with Crippen LogP contribution in [0.4, 0.5) is 0 Å². The van der Waals surface area contributed by atoms with Gasteiger partial charge in [-0.05, 0) is 29.3 Å². The Hall–Kier alpha value is -2.59. The Kier molecular flexibility index (Phi) is 5.94. The first-order valence-electron chi connectivity index (χ1n) is 7.00. The molecule has 1 amide bonds. The molecule has 0 bridgehead atoms. The van der Waals surface area contributed by atoms with Crippen molar-refractivity contribution < 1.29 is 14.3 Å². The molecule has 0 heterocycles. The van der Waals surface area contributed by atoms with Crippen molar-refractivity contribution in [2.24, 2.45) is 0 Å². The van der Waals surface area contributed by atoms with Crippen molar-refractivity contribution in [1.29, 1.82) is 0 Å². The molecule has 4 nitrogen and oxygen atoms in total. The Balaban J connectivity index is 2.09. The summed E-state index contributed by atoms with van der Waals surface area (Å²) < 4.78 is 5.24. The smallest absolute Gasteiger partial charge is 0.355 e. The van der Waals surface area contributed by atoms with Gasteiger partial charge in [-0.1, -0.05) is 54.1 Å². The Labute approximate surface area is 139 Å². The average molecular weight is 330 g/mol. The molecule has 0 atom stereocenters. The maximum Gasteiger partial charge on any atom is 0.355 e. The van der Waals surface area contributed by atoms with Crippen LogP contribution >= 0.6 is 11.6 Å². The summed E-state index contributed by atoms with van der Waals surface area (Å²) in [4.78, 5) is 23.5. The van der Waals surface area contributed by atoms with Crippen LogP contribution in [0.15, 0.2) is 60.3 Å². The summed E-state index contributed by atoms with van der Waals surface area (Å²) in [6, 6.07) is 16.2. The number of rotatable bonds is 5. The minimum Gasteiger partial charge on any atom is -0.456 e. The monoisotopic (exact) mass is 329 g/mol. The Bertz CT molecular complexity index is 709. The number of hydrogen-bond donors (Lipinski definition) is 1. The van der Waals surface area contributed by atoms with Gasteiger partial charge >= 0.3 is 5.97 Å². The first-order chi connectivity index (χ1) is 11.0.